The maximum atomic E-state index is 9.45. The third-order valence-corrected chi connectivity index (χ3v) is 4.16. The highest BCUT2D eigenvalue weighted by molar-refractivity contribution is 6.98. The summed E-state index contributed by atoms with van der Waals surface area (Å²) >= 11 is 18.0. The quantitative estimate of drug-likeness (QED) is 0.153. The van der Waals surface area contributed by atoms with Crippen LogP contribution in [0, 0.1) is 0 Å². The van der Waals surface area contributed by atoms with Gasteiger partial charge in [-0.15, -0.1) is 0 Å². The van der Waals surface area contributed by atoms with Crippen molar-refractivity contribution in [1.29, 1.82) is 0 Å². The first-order chi connectivity index (χ1) is 17.3. The smallest absolute Gasteiger partial charge is 0.304 e. The standard InChI is InChI=1S/2C6H15N.C2B2O2.2C2Cl2O2.C2H2O2.BH.H2/c2*1-4-7(5-2)6-3;3*3-1(5)2(4)6;3-1-2-4;;/h2*4-6H2,1-3H3;;;;1-2H;2*1H/i;;;;;1D,2D;;1+1. The van der Waals surface area contributed by atoms with Gasteiger partial charge < -0.3 is 19.4 Å². The van der Waals surface area contributed by atoms with Gasteiger partial charge in [-0.25, -0.2) is 0 Å². The first-order valence-corrected chi connectivity index (χ1v) is 11.6. The minimum atomic E-state index is -1.46. The maximum Gasteiger partial charge on any atom is 0.304 e. The molecule has 0 spiro atoms. The van der Waals surface area contributed by atoms with Crippen molar-refractivity contribution in [2.24, 2.45) is 0 Å². The molecule has 10 nitrogen and oxygen atoms in total. The van der Waals surface area contributed by atoms with Crippen LogP contribution in [0.4, 0.5) is 0 Å². The summed E-state index contributed by atoms with van der Waals surface area (Å²) in [5.41, 5.74) is -2.20. The second-order valence-corrected chi connectivity index (χ2v) is 6.64. The number of hydrogen-bond donors (Lipinski definition) is 0. The van der Waals surface area contributed by atoms with E-state index in [1.54, 1.807) is 0 Å². The molecule has 210 valence electrons. The van der Waals surface area contributed by atoms with Crippen molar-refractivity contribution < 1.29 is 42.5 Å². The molecule has 0 aliphatic rings. The SMILES string of the molecule is CCN(CC)CC.CCN(CC)CC.O=C(Cl)C(=O)Cl.O=C(Cl)C(=O)Cl.[2HH].[2H]C(=O)C([2H])=O.[BH].[B]C(=O)C([B])=O. The number of rotatable bonds is 10. The van der Waals surface area contributed by atoms with Crippen molar-refractivity contribution in [3.63, 3.8) is 0 Å². The van der Waals surface area contributed by atoms with E-state index in [0.29, 0.717) is 0 Å². The minimum absolute atomic E-state index is 0. The molecule has 0 amide bonds. The number of hydrogen-bond acceptors (Lipinski definition) is 10. The summed E-state index contributed by atoms with van der Waals surface area (Å²) in [7, 11) is 8.64. The molecule has 0 heterocycles. The Kier molecular flexibility index (Phi) is 51.4. The number of nitrogens with zero attached hydrogens (tertiary/aromatic N) is 2. The van der Waals surface area contributed by atoms with Crippen LogP contribution >= 0.6 is 46.4 Å². The third kappa shape index (κ3) is 66.0. The Morgan fingerprint density at radius 1 is 0.595 bits per heavy atom. The average molecular weight is 609 g/mol. The summed E-state index contributed by atoms with van der Waals surface area (Å²) in [5.74, 6) is 0. The van der Waals surface area contributed by atoms with Gasteiger partial charge in [0.25, 0.3) is 0 Å². The van der Waals surface area contributed by atoms with E-state index in [9.17, 15) is 38.4 Å². The normalized spacial score (nSPS) is 8.86. The highest BCUT2D eigenvalue weighted by Crippen LogP contribution is 1.85. The van der Waals surface area contributed by atoms with Crippen LogP contribution < -0.4 is 0 Å². The Morgan fingerprint density at radius 2 is 0.730 bits per heavy atom. The number of halogens is 4. The first kappa shape index (κ1) is 45.5. The Bertz CT molecular complexity index is 585. The first-order valence-electron chi connectivity index (χ1n) is 11.1. The van der Waals surface area contributed by atoms with Gasteiger partial charge in [-0.2, -0.15) is 0 Å². The van der Waals surface area contributed by atoms with Gasteiger partial charge in [0.05, 0.1) is 0 Å². The second-order valence-electron chi connectivity index (χ2n) is 5.27. The lowest BCUT2D eigenvalue weighted by molar-refractivity contribution is -0.127. The molecule has 0 aliphatic carbocycles. The molecule has 0 unspecified atom stereocenters. The molecule has 0 aromatic heterocycles. The molecule has 0 aromatic rings. The van der Waals surface area contributed by atoms with Gasteiger partial charge in [-0.3, -0.25) is 28.8 Å². The zero-order valence-corrected chi connectivity index (χ0v) is 24.8. The number of carbonyl (C=O) groups is 8. The fraction of sp³-hybridized carbons (Fsp3) is 0.600. The Hall–Kier alpha value is -1.37. The summed E-state index contributed by atoms with van der Waals surface area (Å²) < 4.78 is 11.7. The molecule has 0 saturated heterocycles. The largest absolute Gasteiger partial charge is 0.305 e. The average Bonchev–Trinajstić information content (AvgIpc) is 2.83. The predicted octanol–water partition coefficient (Wildman–Crippen LogP) is 1.09. The van der Waals surface area contributed by atoms with Crippen molar-refractivity contribution in [1.82, 2.24) is 9.80 Å². The van der Waals surface area contributed by atoms with Crippen LogP contribution in [0.15, 0.2) is 0 Å². The predicted molar refractivity (Wildman–Crippen MR) is 153 cm³/mol. The van der Waals surface area contributed by atoms with E-state index >= 15 is 0 Å². The van der Waals surface area contributed by atoms with E-state index in [0.717, 1.165) is 0 Å². The van der Waals surface area contributed by atoms with Crippen molar-refractivity contribution >= 4 is 115 Å². The molecule has 0 atom stereocenters. The monoisotopic (exact) mass is 607 g/mol. The topological polar surface area (TPSA) is 143 Å². The van der Waals surface area contributed by atoms with Gasteiger partial charge in [0.2, 0.25) is 0 Å². The second kappa shape index (κ2) is 41.8. The zero-order chi connectivity index (χ0) is 32.0. The molecule has 0 bridgehead atoms. The molecule has 0 N–H and O–H groups in total. The maximum absolute atomic E-state index is 9.45. The summed E-state index contributed by atoms with van der Waals surface area (Å²) in [4.78, 5) is 79.9. The summed E-state index contributed by atoms with van der Waals surface area (Å²) in [6.45, 7) is 20.2. The molecule has 17 heteroatoms. The van der Waals surface area contributed by atoms with Gasteiger partial charge in [0.15, 0.2) is 28.2 Å². The van der Waals surface area contributed by atoms with Crippen molar-refractivity contribution in [3.8, 4) is 0 Å². The highest BCUT2D eigenvalue weighted by Gasteiger charge is 2.02. The Morgan fingerprint density at radius 3 is 0.730 bits per heavy atom. The molecule has 0 aromatic carbocycles. The van der Waals surface area contributed by atoms with E-state index in [2.05, 4.69) is 113 Å². The van der Waals surface area contributed by atoms with E-state index in [1.165, 1.54) is 39.3 Å². The van der Waals surface area contributed by atoms with E-state index in [4.69, 9.17) is 2.74 Å². The van der Waals surface area contributed by atoms with Crippen LogP contribution in [0.1, 0.15) is 45.7 Å². The van der Waals surface area contributed by atoms with Crippen LogP contribution in [0.5, 0.6) is 0 Å². The lowest BCUT2D eigenvalue weighted by atomic mass is 9.87. The van der Waals surface area contributed by atoms with Crippen molar-refractivity contribution in [3.05, 3.63) is 0 Å². The molecule has 0 rings (SSSR count). The molecule has 6 radical (unpaired) electrons. The number of aldehydes is 2. The van der Waals surface area contributed by atoms with E-state index in [-0.39, 0.29) is 9.84 Å². The van der Waals surface area contributed by atoms with Gasteiger partial charge in [0.1, 0.15) is 14.1 Å². The molecule has 0 saturated carbocycles. The lowest BCUT2D eigenvalue weighted by Gasteiger charge is -2.13. The van der Waals surface area contributed by atoms with Crippen molar-refractivity contribution in [2.45, 2.75) is 41.5 Å². The van der Waals surface area contributed by atoms with Crippen LogP contribution in [0.3, 0.4) is 0 Å². The van der Waals surface area contributed by atoms with Gasteiger partial charge in [-0.05, 0) is 85.7 Å². The summed E-state index contributed by atoms with van der Waals surface area (Å²) in [6, 6.07) is 0. The van der Waals surface area contributed by atoms with Gasteiger partial charge >= 0.3 is 21.0 Å². The molecule has 37 heavy (non-hydrogen) atoms. The minimum Gasteiger partial charge on any atom is -0.305 e. The summed E-state index contributed by atoms with van der Waals surface area (Å²) in [6.07, 6.45) is -2.93. The van der Waals surface area contributed by atoms with Crippen LogP contribution in [0.2, 0.25) is 0 Å². The molecular weight excluding hydrogens is 570 g/mol. The summed E-state index contributed by atoms with van der Waals surface area (Å²) in [5, 5.41) is -4.57. The zero-order valence-electron chi connectivity index (χ0n) is 23.8. The van der Waals surface area contributed by atoms with E-state index in [1.807, 2.05) is 0 Å². The molecular formula is C20H35B3Cl4N2O8. The van der Waals surface area contributed by atoms with Gasteiger partial charge in [-0.1, -0.05) is 41.5 Å². The van der Waals surface area contributed by atoms with Crippen LogP contribution in [-0.4, -0.2) is 118 Å². The van der Waals surface area contributed by atoms with Crippen LogP contribution in [0.25, 0.3) is 0 Å². The molecule has 0 aliphatic heterocycles. The Labute approximate surface area is 248 Å². The Balaban J connectivity index is -0.0000000508. The van der Waals surface area contributed by atoms with Crippen LogP contribution in [-0.2, 0) is 38.4 Å². The number of carbonyl (C=O) groups excluding carboxylic acids is 8. The third-order valence-electron chi connectivity index (χ3n) is 3.28. The molecule has 0 fully saturated rings. The van der Waals surface area contributed by atoms with Crippen molar-refractivity contribution in [2.75, 3.05) is 39.3 Å². The van der Waals surface area contributed by atoms with E-state index < -0.39 is 44.9 Å². The fourth-order valence-corrected chi connectivity index (χ4v) is 1.34. The highest BCUT2D eigenvalue weighted by atomic mass is 35.5. The van der Waals surface area contributed by atoms with Gasteiger partial charge in [0, 0.05) is 9.84 Å². The fourth-order valence-electron chi connectivity index (χ4n) is 1.34. The lowest BCUT2D eigenvalue weighted by Crippen LogP contribution is -2.21.